The molecule has 1 aliphatic carbocycles. The molecule has 1 aromatic rings. The second-order valence-corrected chi connectivity index (χ2v) is 8.75. The molecule has 2 aliphatic rings. The molecule has 166 valence electrons. The Morgan fingerprint density at radius 3 is 2.33 bits per heavy atom. The lowest BCUT2D eigenvalue weighted by molar-refractivity contribution is -0.0361. The lowest BCUT2D eigenvalue weighted by Gasteiger charge is -2.48. The van der Waals surface area contributed by atoms with Crippen molar-refractivity contribution >= 4 is 11.9 Å². The van der Waals surface area contributed by atoms with Crippen LogP contribution in [0.5, 0.6) is 0 Å². The van der Waals surface area contributed by atoms with Crippen molar-refractivity contribution in [2.45, 2.75) is 64.1 Å². The summed E-state index contributed by atoms with van der Waals surface area (Å²) in [5.41, 5.74) is 1.67. The number of hydrogen-bond acceptors (Lipinski definition) is 4. The molecule has 0 radical (unpaired) electrons. The first-order chi connectivity index (χ1) is 14.5. The van der Waals surface area contributed by atoms with Crippen LogP contribution in [0, 0.1) is 0 Å². The monoisotopic (exact) mass is 416 g/mol. The molecule has 1 aromatic carbocycles. The Morgan fingerprint density at radius 2 is 1.70 bits per heavy atom. The predicted octanol–water partition coefficient (Wildman–Crippen LogP) is 2.66. The second kappa shape index (κ2) is 10.8. The van der Waals surface area contributed by atoms with Gasteiger partial charge in [0.1, 0.15) is 0 Å². The largest absolute Gasteiger partial charge is 0.379 e. The van der Waals surface area contributed by atoms with E-state index in [1.54, 1.807) is 0 Å². The van der Waals surface area contributed by atoms with E-state index in [-0.39, 0.29) is 23.5 Å². The van der Waals surface area contributed by atoms with Crippen molar-refractivity contribution < 1.29 is 14.3 Å². The molecule has 0 aromatic heterocycles. The van der Waals surface area contributed by atoms with Crippen molar-refractivity contribution in [1.82, 2.24) is 20.9 Å². The summed E-state index contributed by atoms with van der Waals surface area (Å²) < 4.78 is 5.54. The Kier molecular flexibility index (Phi) is 8.10. The van der Waals surface area contributed by atoms with Crippen molar-refractivity contribution in [3.8, 4) is 0 Å². The molecule has 0 bridgehead atoms. The van der Waals surface area contributed by atoms with Crippen LogP contribution in [0.1, 0.15) is 61.9 Å². The van der Waals surface area contributed by atoms with Crippen LogP contribution in [0.15, 0.2) is 24.3 Å². The summed E-state index contributed by atoms with van der Waals surface area (Å²) in [7, 11) is 0. The van der Waals surface area contributed by atoms with E-state index in [0.29, 0.717) is 18.7 Å². The molecule has 3 N–H and O–H groups in total. The summed E-state index contributed by atoms with van der Waals surface area (Å²) in [6, 6.07) is 7.35. The molecule has 0 spiro atoms. The Labute approximate surface area is 179 Å². The van der Waals surface area contributed by atoms with E-state index in [1.807, 2.05) is 38.1 Å². The summed E-state index contributed by atoms with van der Waals surface area (Å²) >= 11 is 0. The average Bonchev–Trinajstić information content (AvgIpc) is 2.77. The van der Waals surface area contributed by atoms with Gasteiger partial charge in [0.25, 0.3) is 5.91 Å². The van der Waals surface area contributed by atoms with Gasteiger partial charge in [0.15, 0.2) is 0 Å². The third-order valence-electron chi connectivity index (χ3n) is 6.13. The molecule has 1 aliphatic heterocycles. The van der Waals surface area contributed by atoms with E-state index in [4.69, 9.17) is 4.74 Å². The number of nitrogens with one attached hydrogen (secondary N) is 3. The molecule has 30 heavy (non-hydrogen) atoms. The number of benzene rings is 1. The van der Waals surface area contributed by atoms with Crippen molar-refractivity contribution in [2.75, 3.05) is 32.8 Å². The van der Waals surface area contributed by atoms with Crippen molar-refractivity contribution in [3.05, 3.63) is 35.4 Å². The molecule has 7 nitrogen and oxygen atoms in total. The van der Waals surface area contributed by atoms with Gasteiger partial charge >= 0.3 is 6.03 Å². The number of ether oxygens (including phenoxy) is 1. The lowest BCUT2D eigenvalue weighted by atomic mass is 9.79. The fourth-order valence-corrected chi connectivity index (χ4v) is 4.47. The number of carbonyl (C=O) groups excluding carboxylic acids is 2. The third-order valence-corrected chi connectivity index (χ3v) is 6.13. The molecule has 2 fully saturated rings. The number of rotatable bonds is 7. The molecule has 1 saturated carbocycles. The zero-order valence-corrected chi connectivity index (χ0v) is 18.3. The van der Waals surface area contributed by atoms with Gasteiger partial charge in [-0.05, 0) is 44.4 Å². The van der Waals surface area contributed by atoms with Gasteiger partial charge in [0.2, 0.25) is 0 Å². The van der Waals surface area contributed by atoms with Gasteiger partial charge in [-0.3, -0.25) is 9.69 Å². The highest BCUT2D eigenvalue weighted by molar-refractivity contribution is 5.94. The highest BCUT2D eigenvalue weighted by Gasteiger charge is 2.38. The Morgan fingerprint density at radius 1 is 1.03 bits per heavy atom. The van der Waals surface area contributed by atoms with Gasteiger partial charge < -0.3 is 20.7 Å². The van der Waals surface area contributed by atoms with Crippen LogP contribution >= 0.6 is 0 Å². The first-order valence-corrected chi connectivity index (χ1v) is 11.2. The summed E-state index contributed by atoms with van der Waals surface area (Å²) in [4.78, 5) is 27.0. The van der Waals surface area contributed by atoms with Gasteiger partial charge in [-0.15, -0.1) is 0 Å². The quantitative estimate of drug-likeness (QED) is 0.638. The van der Waals surface area contributed by atoms with E-state index >= 15 is 0 Å². The van der Waals surface area contributed by atoms with Crippen molar-refractivity contribution in [2.24, 2.45) is 0 Å². The number of urea groups is 1. The molecule has 7 heteroatoms. The van der Waals surface area contributed by atoms with E-state index in [0.717, 1.165) is 44.7 Å². The van der Waals surface area contributed by atoms with E-state index in [2.05, 4.69) is 20.9 Å². The zero-order chi connectivity index (χ0) is 21.4. The molecule has 3 amide bonds. The van der Waals surface area contributed by atoms with Crippen LogP contribution < -0.4 is 16.0 Å². The summed E-state index contributed by atoms with van der Waals surface area (Å²) in [5.74, 6) is -0.0368. The SMILES string of the molecule is CC(C)NC(=O)NCc1ccc(C(=O)NCC2(N3CCOCC3)CCCCC2)cc1. The summed E-state index contributed by atoms with van der Waals surface area (Å²) in [6.45, 7) is 8.41. The van der Waals surface area contributed by atoms with Gasteiger partial charge in [-0.2, -0.15) is 0 Å². The van der Waals surface area contributed by atoms with E-state index in [1.165, 1.54) is 19.3 Å². The number of amides is 3. The molecule has 0 unspecified atom stereocenters. The Balaban J connectivity index is 1.53. The first-order valence-electron chi connectivity index (χ1n) is 11.2. The minimum Gasteiger partial charge on any atom is -0.379 e. The molecular formula is C23H36N4O3. The van der Waals surface area contributed by atoms with Crippen LogP contribution in [0.2, 0.25) is 0 Å². The Bertz CT molecular complexity index is 693. The minimum absolute atomic E-state index is 0.0368. The maximum Gasteiger partial charge on any atom is 0.315 e. The van der Waals surface area contributed by atoms with Crippen molar-refractivity contribution in [1.29, 1.82) is 0 Å². The molecule has 1 saturated heterocycles. The zero-order valence-electron chi connectivity index (χ0n) is 18.3. The van der Waals surface area contributed by atoms with E-state index < -0.39 is 0 Å². The molecule has 1 heterocycles. The maximum atomic E-state index is 12.8. The summed E-state index contributed by atoms with van der Waals surface area (Å²) in [5, 5.41) is 8.81. The second-order valence-electron chi connectivity index (χ2n) is 8.75. The minimum atomic E-state index is -0.187. The molecule has 3 rings (SSSR count). The van der Waals surface area contributed by atoms with Crippen LogP contribution in [0.3, 0.4) is 0 Å². The highest BCUT2D eigenvalue weighted by atomic mass is 16.5. The normalized spacial score (nSPS) is 19.3. The van der Waals surface area contributed by atoms with Crippen LogP contribution in [0.4, 0.5) is 4.79 Å². The van der Waals surface area contributed by atoms with E-state index in [9.17, 15) is 9.59 Å². The number of morpholine rings is 1. The van der Waals surface area contributed by atoms with Crippen LogP contribution in [0.25, 0.3) is 0 Å². The molecule has 0 atom stereocenters. The van der Waals surface area contributed by atoms with Crippen molar-refractivity contribution in [3.63, 3.8) is 0 Å². The fraction of sp³-hybridized carbons (Fsp3) is 0.652. The average molecular weight is 417 g/mol. The number of nitrogens with zero attached hydrogens (tertiary/aromatic N) is 1. The van der Waals surface area contributed by atoms with Gasteiger partial charge in [-0.25, -0.2) is 4.79 Å². The lowest BCUT2D eigenvalue weighted by Crippen LogP contribution is -2.59. The summed E-state index contributed by atoms with van der Waals surface area (Å²) in [6.07, 6.45) is 6.00. The number of carbonyl (C=O) groups is 2. The van der Waals surface area contributed by atoms with Gasteiger partial charge in [0.05, 0.1) is 13.2 Å². The molecular weight excluding hydrogens is 380 g/mol. The standard InChI is InChI=1S/C23H36N4O3/c1-18(2)26-22(29)24-16-19-6-8-20(9-7-19)21(28)25-17-23(10-4-3-5-11-23)27-12-14-30-15-13-27/h6-9,18H,3-5,10-17H2,1-2H3,(H,25,28)(H2,24,26,29). The Hall–Kier alpha value is -2.12. The van der Waals surface area contributed by atoms with Gasteiger partial charge in [-0.1, -0.05) is 31.4 Å². The smallest absolute Gasteiger partial charge is 0.315 e. The predicted molar refractivity (Wildman–Crippen MR) is 117 cm³/mol. The third kappa shape index (κ3) is 6.19. The highest BCUT2D eigenvalue weighted by Crippen LogP contribution is 2.34. The van der Waals surface area contributed by atoms with Gasteiger partial charge in [0, 0.05) is 43.3 Å². The van der Waals surface area contributed by atoms with Crippen LogP contribution in [-0.4, -0.2) is 61.3 Å². The fourth-order valence-electron chi connectivity index (χ4n) is 4.47. The first kappa shape index (κ1) is 22.6. The number of hydrogen-bond donors (Lipinski definition) is 3. The topological polar surface area (TPSA) is 82.7 Å². The van der Waals surface area contributed by atoms with Crippen LogP contribution in [-0.2, 0) is 11.3 Å². The maximum absolute atomic E-state index is 12.8.